The summed E-state index contributed by atoms with van der Waals surface area (Å²) in [6.45, 7) is 9.54. The smallest absolute Gasteiger partial charge is 0.172 e. The van der Waals surface area contributed by atoms with Crippen molar-refractivity contribution >= 4 is 39.0 Å². The molecule has 2 aliphatic rings. The fourth-order valence-electron chi connectivity index (χ4n) is 5.77. The molecule has 2 fully saturated rings. The summed E-state index contributed by atoms with van der Waals surface area (Å²) < 4.78 is 2.77. The lowest BCUT2D eigenvalue weighted by atomic mass is 9.71. The third-order valence-corrected chi connectivity index (χ3v) is 8.79. The normalized spacial score (nSPS) is 22.9. The van der Waals surface area contributed by atoms with Gasteiger partial charge in [-0.3, -0.25) is 0 Å². The minimum absolute atomic E-state index is 0.426. The molecule has 0 amide bonds. The molecule has 1 aliphatic heterocycles. The maximum absolute atomic E-state index is 6.49. The van der Waals surface area contributed by atoms with Crippen molar-refractivity contribution in [1.82, 2.24) is 19.5 Å². The van der Waals surface area contributed by atoms with Crippen molar-refractivity contribution in [1.29, 1.82) is 0 Å². The van der Waals surface area contributed by atoms with Crippen LogP contribution >= 0.6 is 27.5 Å². The van der Waals surface area contributed by atoms with E-state index >= 15 is 0 Å². The Labute approximate surface area is 216 Å². The van der Waals surface area contributed by atoms with Crippen molar-refractivity contribution in [2.24, 2.45) is 11.3 Å². The quantitative estimate of drug-likeness (QED) is 0.374. The van der Waals surface area contributed by atoms with Crippen LogP contribution in [0.15, 0.2) is 41.0 Å². The van der Waals surface area contributed by atoms with Crippen LogP contribution in [0.2, 0.25) is 5.02 Å². The lowest BCUT2D eigenvalue weighted by Crippen LogP contribution is -2.46. The number of rotatable bonds is 4. The van der Waals surface area contributed by atoms with Gasteiger partial charge in [0.25, 0.3) is 0 Å². The maximum Gasteiger partial charge on any atom is 0.172 e. The van der Waals surface area contributed by atoms with Gasteiger partial charge < -0.3 is 10.2 Å². The van der Waals surface area contributed by atoms with Crippen molar-refractivity contribution in [2.75, 3.05) is 18.4 Å². The Balaban J connectivity index is 1.27. The first-order valence-electron chi connectivity index (χ1n) is 12.6. The summed E-state index contributed by atoms with van der Waals surface area (Å²) in [5.74, 6) is 1.84. The lowest BCUT2D eigenvalue weighted by molar-refractivity contribution is 0.0805. The minimum atomic E-state index is 0.426. The van der Waals surface area contributed by atoms with Gasteiger partial charge in [-0.2, -0.15) is 9.61 Å². The number of hydrogen-bond acceptors (Lipinski definition) is 4. The van der Waals surface area contributed by atoms with Crippen LogP contribution in [-0.2, 0) is 0 Å². The number of hydrogen-bond donors (Lipinski definition) is 1. The molecule has 0 atom stereocenters. The molecule has 0 unspecified atom stereocenters. The highest BCUT2D eigenvalue weighted by Crippen LogP contribution is 2.39. The number of likely N-dealkylation sites (tertiary alicyclic amines) is 1. The second-order valence-corrected chi connectivity index (χ2v) is 12.3. The number of benzene rings is 1. The van der Waals surface area contributed by atoms with E-state index in [4.69, 9.17) is 16.6 Å². The van der Waals surface area contributed by atoms with E-state index in [0.29, 0.717) is 16.5 Å². The molecule has 3 heterocycles. The average molecular weight is 545 g/mol. The van der Waals surface area contributed by atoms with E-state index in [0.717, 1.165) is 65.1 Å². The Morgan fingerprint density at radius 1 is 1.03 bits per heavy atom. The van der Waals surface area contributed by atoms with Crippen LogP contribution < -0.4 is 5.32 Å². The van der Waals surface area contributed by atoms with Gasteiger partial charge in [0.2, 0.25) is 0 Å². The van der Waals surface area contributed by atoms with Crippen molar-refractivity contribution in [3.8, 4) is 11.3 Å². The molecule has 3 aromatic rings. The number of piperidine rings is 1. The molecule has 0 spiro atoms. The molecular weight excluding hydrogens is 510 g/mol. The standard InChI is InChI=1S/C27H35BrClN5/c1-27(2,3)18-8-10-20(11-9-18)33-14-12-19(13-15-33)31-25-16-24(21-6-4-5-7-23(21)29)32-26-22(28)17-30-34(25)26/h4-7,16-20,31H,8-15H2,1-3H3. The van der Waals surface area contributed by atoms with Crippen molar-refractivity contribution in [3.63, 3.8) is 0 Å². The van der Waals surface area contributed by atoms with Gasteiger partial charge in [-0.05, 0) is 71.9 Å². The molecule has 5 rings (SSSR count). The average Bonchev–Trinajstić information content (AvgIpc) is 3.20. The Morgan fingerprint density at radius 3 is 2.41 bits per heavy atom. The molecule has 1 aromatic carbocycles. The SMILES string of the molecule is CC(C)(C)C1CCC(N2CCC(Nc3cc(-c4ccccc4Cl)nc4c(Br)cnn34)CC2)CC1. The summed E-state index contributed by atoms with van der Waals surface area (Å²) in [5, 5.41) is 9.05. The van der Waals surface area contributed by atoms with Crippen LogP contribution in [0.1, 0.15) is 59.3 Å². The predicted molar refractivity (Wildman–Crippen MR) is 145 cm³/mol. The van der Waals surface area contributed by atoms with Gasteiger partial charge in [-0.15, -0.1) is 0 Å². The van der Waals surface area contributed by atoms with E-state index in [2.05, 4.69) is 58.1 Å². The highest BCUT2D eigenvalue weighted by atomic mass is 79.9. The van der Waals surface area contributed by atoms with Crippen LogP contribution in [-0.4, -0.2) is 44.7 Å². The maximum atomic E-state index is 6.49. The Morgan fingerprint density at radius 2 is 1.74 bits per heavy atom. The molecule has 7 heteroatoms. The number of aromatic nitrogens is 3. The second-order valence-electron chi connectivity index (χ2n) is 11.1. The van der Waals surface area contributed by atoms with E-state index in [9.17, 15) is 0 Å². The van der Waals surface area contributed by atoms with Crippen molar-refractivity contribution in [2.45, 2.75) is 71.4 Å². The fraction of sp³-hybridized carbons (Fsp3) is 0.556. The number of nitrogens with zero attached hydrogens (tertiary/aromatic N) is 4. The van der Waals surface area contributed by atoms with Gasteiger partial charge in [0.1, 0.15) is 5.82 Å². The van der Waals surface area contributed by atoms with Gasteiger partial charge in [0.05, 0.1) is 16.4 Å². The molecule has 0 radical (unpaired) electrons. The molecule has 0 bridgehead atoms. The molecule has 1 aliphatic carbocycles. The summed E-state index contributed by atoms with van der Waals surface area (Å²) in [6, 6.07) is 11.1. The van der Waals surface area contributed by atoms with Crippen LogP contribution in [0.3, 0.4) is 0 Å². The zero-order valence-electron chi connectivity index (χ0n) is 20.4. The molecule has 34 heavy (non-hydrogen) atoms. The summed E-state index contributed by atoms with van der Waals surface area (Å²) in [4.78, 5) is 7.59. The van der Waals surface area contributed by atoms with Crippen LogP contribution in [0.5, 0.6) is 0 Å². The van der Waals surface area contributed by atoms with Gasteiger partial charge in [0, 0.05) is 41.8 Å². The number of anilines is 1. The van der Waals surface area contributed by atoms with Gasteiger partial charge in [-0.1, -0.05) is 50.6 Å². The number of halogens is 2. The third-order valence-electron chi connectivity index (χ3n) is 7.90. The minimum Gasteiger partial charge on any atom is -0.367 e. The van der Waals surface area contributed by atoms with Crippen molar-refractivity contribution < 1.29 is 0 Å². The molecule has 5 nitrogen and oxygen atoms in total. The zero-order valence-corrected chi connectivity index (χ0v) is 22.7. The van der Waals surface area contributed by atoms with E-state index in [-0.39, 0.29) is 0 Å². The highest BCUT2D eigenvalue weighted by molar-refractivity contribution is 9.10. The predicted octanol–water partition coefficient (Wildman–Crippen LogP) is 7.29. The van der Waals surface area contributed by atoms with Gasteiger partial charge >= 0.3 is 0 Å². The zero-order chi connectivity index (χ0) is 23.9. The first kappa shape index (κ1) is 24.1. The lowest BCUT2D eigenvalue weighted by Gasteiger charge is -2.43. The van der Waals surface area contributed by atoms with Gasteiger partial charge in [0.15, 0.2) is 5.65 Å². The fourth-order valence-corrected chi connectivity index (χ4v) is 6.35. The first-order chi connectivity index (χ1) is 16.3. The summed E-state index contributed by atoms with van der Waals surface area (Å²) in [7, 11) is 0. The number of fused-ring (bicyclic) bond motifs is 1. The van der Waals surface area contributed by atoms with Crippen LogP contribution in [0, 0.1) is 11.3 Å². The monoisotopic (exact) mass is 543 g/mol. The summed E-state index contributed by atoms with van der Waals surface area (Å²) in [5.41, 5.74) is 3.04. The van der Waals surface area contributed by atoms with E-state index < -0.39 is 0 Å². The van der Waals surface area contributed by atoms with E-state index in [1.165, 1.54) is 25.7 Å². The molecule has 1 saturated carbocycles. The van der Waals surface area contributed by atoms with Crippen LogP contribution in [0.4, 0.5) is 5.82 Å². The Kier molecular flexibility index (Phi) is 6.93. The molecule has 182 valence electrons. The second kappa shape index (κ2) is 9.79. The Bertz CT molecular complexity index is 1140. The van der Waals surface area contributed by atoms with Gasteiger partial charge in [-0.25, -0.2) is 4.98 Å². The first-order valence-corrected chi connectivity index (χ1v) is 13.8. The van der Waals surface area contributed by atoms with E-state index in [1.807, 2.05) is 28.8 Å². The third kappa shape index (κ3) is 5.00. The van der Waals surface area contributed by atoms with E-state index in [1.54, 1.807) is 6.20 Å². The van der Waals surface area contributed by atoms with Crippen molar-refractivity contribution in [3.05, 3.63) is 46.0 Å². The van der Waals surface area contributed by atoms with Crippen LogP contribution in [0.25, 0.3) is 16.9 Å². The molecule has 2 aromatic heterocycles. The molecule has 1 saturated heterocycles. The summed E-state index contributed by atoms with van der Waals surface area (Å²) in [6.07, 6.45) is 9.56. The largest absolute Gasteiger partial charge is 0.367 e. The topological polar surface area (TPSA) is 45.5 Å². The summed E-state index contributed by atoms with van der Waals surface area (Å²) >= 11 is 10.1. The molecular formula is C27H35BrClN5. The number of nitrogens with one attached hydrogen (secondary N) is 1. The highest BCUT2D eigenvalue weighted by Gasteiger charge is 2.33. The molecule has 1 N–H and O–H groups in total. The Hall–Kier alpha value is -1.63.